The third-order valence-electron chi connectivity index (χ3n) is 3.09. The van der Waals surface area contributed by atoms with Crippen molar-refractivity contribution in [1.82, 2.24) is 15.1 Å². The summed E-state index contributed by atoms with van der Waals surface area (Å²) in [6.07, 6.45) is 3.20. The SMILES string of the molecule is CCNC(c1c(Br)cnn1C)C1CCSC1. The van der Waals surface area contributed by atoms with Crippen molar-refractivity contribution in [3.05, 3.63) is 16.4 Å². The molecule has 0 spiro atoms. The van der Waals surface area contributed by atoms with Crippen LogP contribution in [0.3, 0.4) is 0 Å². The van der Waals surface area contributed by atoms with E-state index in [1.54, 1.807) is 0 Å². The first-order valence-corrected chi connectivity index (χ1v) is 7.67. The Morgan fingerprint density at radius 3 is 3.06 bits per heavy atom. The maximum absolute atomic E-state index is 4.31. The highest BCUT2D eigenvalue weighted by Gasteiger charge is 2.29. The fourth-order valence-electron chi connectivity index (χ4n) is 2.29. The molecule has 1 aromatic heterocycles. The van der Waals surface area contributed by atoms with Crippen LogP contribution in [0.15, 0.2) is 10.7 Å². The van der Waals surface area contributed by atoms with E-state index in [4.69, 9.17) is 0 Å². The summed E-state index contributed by atoms with van der Waals surface area (Å²) < 4.78 is 3.11. The lowest BCUT2D eigenvalue weighted by atomic mass is 9.96. The lowest BCUT2D eigenvalue weighted by Crippen LogP contribution is -2.30. The van der Waals surface area contributed by atoms with Crippen molar-refractivity contribution in [3.8, 4) is 0 Å². The number of halogens is 1. The molecule has 1 aliphatic rings. The normalized spacial score (nSPS) is 22.6. The molecule has 2 unspecified atom stereocenters. The van der Waals surface area contributed by atoms with Crippen molar-refractivity contribution in [2.75, 3.05) is 18.1 Å². The van der Waals surface area contributed by atoms with Crippen LogP contribution in [-0.2, 0) is 7.05 Å². The molecule has 0 bridgehead atoms. The molecule has 1 saturated heterocycles. The molecule has 1 N–H and O–H groups in total. The number of nitrogens with one attached hydrogen (secondary N) is 1. The minimum absolute atomic E-state index is 0.432. The van der Waals surface area contributed by atoms with Gasteiger partial charge in [-0.25, -0.2) is 0 Å². The second-order valence-electron chi connectivity index (χ2n) is 4.16. The number of rotatable bonds is 4. The number of hydrogen-bond donors (Lipinski definition) is 1. The first-order chi connectivity index (χ1) is 7.74. The zero-order valence-corrected chi connectivity index (χ0v) is 12.1. The van der Waals surface area contributed by atoms with Crippen LogP contribution in [0.4, 0.5) is 0 Å². The fourth-order valence-corrected chi connectivity index (χ4v) is 4.18. The van der Waals surface area contributed by atoms with Crippen LogP contribution in [-0.4, -0.2) is 27.8 Å². The topological polar surface area (TPSA) is 29.9 Å². The van der Waals surface area contributed by atoms with Gasteiger partial charge in [0.15, 0.2) is 0 Å². The van der Waals surface area contributed by atoms with E-state index in [1.165, 1.54) is 23.6 Å². The summed E-state index contributed by atoms with van der Waals surface area (Å²) >= 11 is 5.67. The summed E-state index contributed by atoms with van der Waals surface area (Å²) in [4.78, 5) is 0. The van der Waals surface area contributed by atoms with Gasteiger partial charge in [-0.1, -0.05) is 6.92 Å². The fraction of sp³-hybridized carbons (Fsp3) is 0.727. The van der Waals surface area contributed by atoms with Crippen LogP contribution >= 0.6 is 27.7 Å². The van der Waals surface area contributed by atoms with Gasteiger partial charge in [0, 0.05) is 7.05 Å². The highest BCUT2D eigenvalue weighted by atomic mass is 79.9. The van der Waals surface area contributed by atoms with E-state index in [-0.39, 0.29) is 0 Å². The van der Waals surface area contributed by atoms with Gasteiger partial charge in [-0.05, 0) is 46.3 Å². The van der Waals surface area contributed by atoms with Crippen molar-refractivity contribution < 1.29 is 0 Å². The number of aryl methyl sites for hydroxylation is 1. The molecule has 0 aromatic carbocycles. The maximum atomic E-state index is 4.31. The van der Waals surface area contributed by atoms with Crippen molar-refractivity contribution >= 4 is 27.7 Å². The number of nitrogens with zero attached hydrogens (tertiary/aromatic N) is 2. The van der Waals surface area contributed by atoms with Crippen molar-refractivity contribution in [3.63, 3.8) is 0 Å². The molecule has 2 rings (SSSR count). The van der Waals surface area contributed by atoms with Crippen LogP contribution < -0.4 is 5.32 Å². The zero-order valence-electron chi connectivity index (χ0n) is 9.74. The number of thioether (sulfide) groups is 1. The molecular weight excluding hydrogens is 286 g/mol. The molecule has 0 amide bonds. The Morgan fingerprint density at radius 2 is 2.56 bits per heavy atom. The van der Waals surface area contributed by atoms with Crippen LogP contribution in [0.2, 0.25) is 0 Å². The van der Waals surface area contributed by atoms with Crippen LogP contribution in [0, 0.1) is 5.92 Å². The molecule has 2 atom stereocenters. The van der Waals surface area contributed by atoms with E-state index >= 15 is 0 Å². The summed E-state index contributed by atoms with van der Waals surface area (Å²) in [5.41, 5.74) is 1.29. The quantitative estimate of drug-likeness (QED) is 0.927. The average molecular weight is 304 g/mol. The van der Waals surface area contributed by atoms with Crippen LogP contribution in [0.1, 0.15) is 25.1 Å². The van der Waals surface area contributed by atoms with Gasteiger partial charge in [0.2, 0.25) is 0 Å². The Bertz CT molecular complexity index is 327. The first-order valence-electron chi connectivity index (χ1n) is 5.72. The second-order valence-corrected chi connectivity index (χ2v) is 6.16. The highest BCUT2D eigenvalue weighted by Crippen LogP contribution is 2.36. The zero-order chi connectivity index (χ0) is 11.5. The lowest BCUT2D eigenvalue weighted by molar-refractivity contribution is 0.379. The van der Waals surface area contributed by atoms with Gasteiger partial charge in [-0.3, -0.25) is 4.68 Å². The molecule has 3 nitrogen and oxygen atoms in total. The standard InChI is InChI=1S/C11H18BrN3S/c1-3-13-10(8-4-5-16-7-8)11-9(12)6-14-15(11)2/h6,8,10,13H,3-5,7H2,1-2H3. The molecule has 0 radical (unpaired) electrons. The van der Waals surface area contributed by atoms with E-state index in [2.05, 4.69) is 45.0 Å². The van der Waals surface area contributed by atoms with E-state index < -0.39 is 0 Å². The molecular formula is C11H18BrN3S. The van der Waals surface area contributed by atoms with Crippen molar-refractivity contribution in [1.29, 1.82) is 0 Å². The molecule has 16 heavy (non-hydrogen) atoms. The minimum Gasteiger partial charge on any atom is -0.309 e. The monoisotopic (exact) mass is 303 g/mol. The number of aromatic nitrogens is 2. The largest absolute Gasteiger partial charge is 0.309 e. The number of hydrogen-bond acceptors (Lipinski definition) is 3. The van der Waals surface area contributed by atoms with Gasteiger partial charge in [0.1, 0.15) is 0 Å². The van der Waals surface area contributed by atoms with Gasteiger partial charge in [-0.15, -0.1) is 0 Å². The second kappa shape index (κ2) is 5.56. The van der Waals surface area contributed by atoms with E-state index in [0.717, 1.165) is 16.9 Å². The van der Waals surface area contributed by atoms with E-state index in [0.29, 0.717) is 6.04 Å². The molecule has 90 valence electrons. The summed E-state index contributed by atoms with van der Waals surface area (Å²) in [7, 11) is 2.02. The van der Waals surface area contributed by atoms with Crippen molar-refractivity contribution in [2.45, 2.75) is 19.4 Å². The molecule has 5 heteroatoms. The Balaban J connectivity index is 2.24. The minimum atomic E-state index is 0.432. The molecule has 1 aliphatic heterocycles. The Labute approximate surface area is 109 Å². The van der Waals surface area contributed by atoms with Gasteiger partial charge in [-0.2, -0.15) is 16.9 Å². The van der Waals surface area contributed by atoms with Gasteiger partial charge >= 0.3 is 0 Å². The highest BCUT2D eigenvalue weighted by molar-refractivity contribution is 9.10. The van der Waals surface area contributed by atoms with Crippen LogP contribution in [0.25, 0.3) is 0 Å². The van der Waals surface area contributed by atoms with E-state index in [1.807, 2.05) is 17.9 Å². The molecule has 1 aromatic rings. The molecule has 0 saturated carbocycles. The maximum Gasteiger partial charge on any atom is 0.0695 e. The lowest BCUT2D eigenvalue weighted by Gasteiger charge is -2.24. The van der Waals surface area contributed by atoms with Gasteiger partial charge < -0.3 is 5.32 Å². The predicted molar refractivity (Wildman–Crippen MR) is 72.8 cm³/mol. The van der Waals surface area contributed by atoms with Crippen molar-refractivity contribution in [2.24, 2.45) is 13.0 Å². The average Bonchev–Trinajstić information content (AvgIpc) is 2.87. The third kappa shape index (κ3) is 2.46. The molecule has 0 aliphatic carbocycles. The smallest absolute Gasteiger partial charge is 0.0695 e. The van der Waals surface area contributed by atoms with Crippen LogP contribution in [0.5, 0.6) is 0 Å². The molecule has 2 heterocycles. The predicted octanol–water partition coefficient (Wildman–Crippen LogP) is 2.59. The summed E-state index contributed by atoms with van der Waals surface area (Å²) in [6.45, 7) is 3.17. The Hall–Kier alpha value is -0.000000000000000111. The summed E-state index contributed by atoms with van der Waals surface area (Å²) in [6, 6.07) is 0.432. The first kappa shape index (κ1) is 12.5. The third-order valence-corrected chi connectivity index (χ3v) is 4.89. The Kier molecular flexibility index (Phi) is 4.33. The van der Waals surface area contributed by atoms with Gasteiger partial charge in [0.25, 0.3) is 0 Å². The Morgan fingerprint density at radius 1 is 1.75 bits per heavy atom. The summed E-state index contributed by atoms with van der Waals surface area (Å²) in [5.74, 6) is 3.29. The van der Waals surface area contributed by atoms with E-state index in [9.17, 15) is 0 Å². The van der Waals surface area contributed by atoms with Gasteiger partial charge in [0.05, 0.1) is 22.4 Å². The molecule has 1 fully saturated rings. The summed E-state index contributed by atoms with van der Waals surface area (Å²) in [5, 5.41) is 7.92.